The molecule has 9 heteroatoms. The van der Waals surface area contributed by atoms with Crippen LogP contribution in [0.3, 0.4) is 0 Å². The van der Waals surface area contributed by atoms with E-state index >= 15 is 0 Å². The number of nitrogens with zero attached hydrogens (tertiary/aromatic N) is 3. The maximum atomic E-state index is 13.2. The van der Waals surface area contributed by atoms with Gasteiger partial charge in [-0.25, -0.2) is 17.8 Å². The normalized spacial score (nSPS) is 11.9. The summed E-state index contributed by atoms with van der Waals surface area (Å²) >= 11 is 1.29. The molecule has 1 aromatic heterocycles. The van der Waals surface area contributed by atoms with Crippen LogP contribution in [0.5, 0.6) is 0 Å². The average Bonchev–Trinajstić information content (AvgIpc) is 3.15. The van der Waals surface area contributed by atoms with Crippen LogP contribution in [0.25, 0.3) is 10.2 Å². The first-order chi connectivity index (χ1) is 14.7. The maximum absolute atomic E-state index is 13.2. The summed E-state index contributed by atoms with van der Waals surface area (Å²) in [5.41, 5.74) is 1.37. The van der Waals surface area contributed by atoms with Crippen LogP contribution in [-0.2, 0) is 21.1 Å². The van der Waals surface area contributed by atoms with Gasteiger partial charge < -0.3 is 4.90 Å². The van der Waals surface area contributed by atoms with Crippen molar-refractivity contribution >= 4 is 42.4 Å². The molecule has 0 aliphatic heterocycles. The second-order valence-corrected chi connectivity index (χ2v) is 10.3. The highest BCUT2D eigenvalue weighted by molar-refractivity contribution is 7.90. The Morgan fingerprint density at radius 2 is 1.74 bits per heavy atom. The Morgan fingerprint density at radius 3 is 2.35 bits per heavy atom. The fourth-order valence-corrected chi connectivity index (χ4v) is 4.99. The first-order valence-corrected chi connectivity index (χ1v) is 12.8. The Balaban J connectivity index is 1.92. The molecule has 3 aromatic rings. The molecule has 0 aliphatic carbocycles. The van der Waals surface area contributed by atoms with E-state index in [1.807, 2.05) is 0 Å². The molecular weight excluding hydrogens is 437 g/mol. The van der Waals surface area contributed by atoms with Gasteiger partial charge in [-0.3, -0.25) is 9.69 Å². The second kappa shape index (κ2) is 9.84. The van der Waals surface area contributed by atoms with Gasteiger partial charge in [0.05, 0.1) is 21.5 Å². The number of fused-ring (bicyclic) bond motifs is 1. The lowest BCUT2D eigenvalue weighted by molar-refractivity contribution is -0.118. The molecular formula is C22H26FN3O3S2. The van der Waals surface area contributed by atoms with Gasteiger partial charge in [0.15, 0.2) is 15.0 Å². The number of benzene rings is 2. The second-order valence-electron chi connectivity index (χ2n) is 7.27. The molecule has 0 saturated heterocycles. The van der Waals surface area contributed by atoms with E-state index in [1.54, 1.807) is 29.2 Å². The van der Waals surface area contributed by atoms with Gasteiger partial charge >= 0.3 is 0 Å². The van der Waals surface area contributed by atoms with Crippen molar-refractivity contribution in [2.45, 2.75) is 25.2 Å². The van der Waals surface area contributed by atoms with Crippen LogP contribution in [0.2, 0.25) is 0 Å². The molecule has 0 unspecified atom stereocenters. The minimum absolute atomic E-state index is 0.128. The van der Waals surface area contributed by atoms with E-state index in [-0.39, 0.29) is 23.0 Å². The third kappa shape index (κ3) is 5.87. The number of rotatable bonds is 9. The highest BCUT2D eigenvalue weighted by Crippen LogP contribution is 2.31. The molecule has 0 spiro atoms. The topological polar surface area (TPSA) is 70.6 Å². The van der Waals surface area contributed by atoms with Gasteiger partial charge in [0, 0.05) is 19.3 Å². The maximum Gasteiger partial charge on any atom is 0.233 e. The quantitative estimate of drug-likeness (QED) is 0.483. The van der Waals surface area contributed by atoms with E-state index < -0.39 is 9.84 Å². The van der Waals surface area contributed by atoms with Crippen molar-refractivity contribution in [1.29, 1.82) is 0 Å². The third-order valence-electron chi connectivity index (χ3n) is 5.11. The van der Waals surface area contributed by atoms with E-state index in [0.29, 0.717) is 28.4 Å². The van der Waals surface area contributed by atoms with Gasteiger partial charge in [-0.05, 0) is 49.0 Å². The molecule has 6 nitrogen and oxygen atoms in total. The molecule has 1 amide bonds. The van der Waals surface area contributed by atoms with Crippen LogP contribution in [0, 0.1) is 5.82 Å². The lowest BCUT2D eigenvalue weighted by Crippen LogP contribution is -2.39. The largest absolute Gasteiger partial charge is 0.302 e. The molecule has 0 aliphatic rings. The Bertz CT molecular complexity index is 1160. The van der Waals surface area contributed by atoms with Crippen molar-refractivity contribution in [2.24, 2.45) is 0 Å². The number of thiazole rings is 1. The van der Waals surface area contributed by atoms with E-state index in [2.05, 4.69) is 23.7 Å². The van der Waals surface area contributed by atoms with Crippen molar-refractivity contribution < 1.29 is 17.6 Å². The summed E-state index contributed by atoms with van der Waals surface area (Å²) in [6.45, 7) is 7.02. The summed E-state index contributed by atoms with van der Waals surface area (Å²) in [5.74, 6) is -0.483. The highest BCUT2D eigenvalue weighted by Gasteiger charge is 2.21. The number of hydrogen-bond acceptors (Lipinski definition) is 6. The van der Waals surface area contributed by atoms with Crippen LogP contribution >= 0.6 is 11.3 Å². The first-order valence-electron chi connectivity index (χ1n) is 10.1. The standard InChI is InChI=1S/C22H26FN3O3S2/c1-4-25(5-2)12-13-26(21(27)14-16-6-8-17(23)9-7-16)22-24-19-11-10-18(31(3,28)29)15-20(19)30-22/h6-11,15H,4-5,12-14H2,1-3H3. The summed E-state index contributed by atoms with van der Waals surface area (Å²) in [6.07, 6.45) is 1.29. The van der Waals surface area contributed by atoms with E-state index in [9.17, 15) is 17.6 Å². The fourth-order valence-electron chi connectivity index (χ4n) is 3.22. The zero-order valence-electron chi connectivity index (χ0n) is 17.8. The van der Waals surface area contributed by atoms with Gasteiger partial charge in [-0.1, -0.05) is 37.3 Å². The fraction of sp³-hybridized carbons (Fsp3) is 0.364. The molecule has 166 valence electrons. The van der Waals surface area contributed by atoms with E-state index in [1.165, 1.54) is 35.8 Å². The van der Waals surface area contributed by atoms with Gasteiger partial charge in [0.1, 0.15) is 5.82 Å². The highest BCUT2D eigenvalue weighted by atomic mass is 32.2. The van der Waals surface area contributed by atoms with E-state index in [4.69, 9.17) is 0 Å². The lowest BCUT2D eigenvalue weighted by atomic mass is 10.1. The summed E-state index contributed by atoms with van der Waals surface area (Å²) in [5, 5.41) is 0.528. The number of aromatic nitrogens is 1. The average molecular weight is 464 g/mol. The zero-order chi connectivity index (χ0) is 22.6. The summed E-state index contributed by atoms with van der Waals surface area (Å²) in [7, 11) is -3.33. The molecule has 0 saturated carbocycles. The Hall–Kier alpha value is -2.36. The lowest BCUT2D eigenvalue weighted by Gasteiger charge is -2.24. The Labute approximate surface area is 186 Å². The molecule has 2 aromatic carbocycles. The number of halogens is 1. The molecule has 0 bridgehead atoms. The predicted octanol–water partition coefficient (Wildman–Crippen LogP) is 3.76. The zero-order valence-corrected chi connectivity index (χ0v) is 19.5. The number of anilines is 1. The summed E-state index contributed by atoms with van der Waals surface area (Å²) < 4.78 is 37.7. The number of hydrogen-bond donors (Lipinski definition) is 0. The minimum atomic E-state index is -3.33. The Kier molecular flexibility index (Phi) is 7.40. The van der Waals surface area contributed by atoms with Gasteiger partial charge in [0.2, 0.25) is 5.91 Å². The van der Waals surface area contributed by atoms with Crippen LogP contribution < -0.4 is 4.90 Å². The molecule has 0 fully saturated rings. The van der Waals surface area contributed by atoms with Crippen LogP contribution in [0.1, 0.15) is 19.4 Å². The van der Waals surface area contributed by atoms with Crippen LogP contribution in [0.4, 0.5) is 9.52 Å². The number of carbonyl (C=O) groups excluding carboxylic acids is 1. The van der Waals surface area contributed by atoms with Crippen LogP contribution in [-0.4, -0.2) is 56.6 Å². The minimum Gasteiger partial charge on any atom is -0.302 e. The molecule has 1 heterocycles. The first kappa shape index (κ1) is 23.3. The van der Waals surface area contributed by atoms with Gasteiger partial charge in [-0.2, -0.15) is 0 Å². The molecule has 3 rings (SSSR count). The van der Waals surface area contributed by atoms with Gasteiger partial charge in [0.25, 0.3) is 0 Å². The van der Waals surface area contributed by atoms with Gasteiger partial charge in [-0.15, -0.1) is 0 Å². The summed E-state index contributed by atoms with van der Waals surface area (Å²) in [6, 6.07) is 10.7. The monoisotopic (exact) mass is 463 g/mol. The number of amides is 1. The van der Waals surface area contributed by atoms with Crippen molar-refractivity contribution in [3.05, 3.63) is 53.8 Å². The molecule has 0 N–H and O–H groups in total. The molecule has 0 radical (unpaired) electrons. The number of carbonyl (C=O) groups is 1. The summed E-state index contributed by atoms with van der Waals surface area (Å²) in [4.78, 5) is 21.9. The van der Waals surface area contributed by atoms with Crippen molar-refractivity contribution in [2.75, 3.05) is 37.3 Å². The molecule has 31 heavy (non-hydrogen) atoms. The SMILES string of the molecule is CCN(CC)CCN(C(=O)Cc1ccc(F)cc1)c1nc2ccc(S(C)(=O)=O)cc2s1. The predicted molar refractivity (Wildman–Crippen MR) is 123 cm³/mol. The van der Waals surface area contributed by atoms with Crippen molar-refractivity contribution in [3.8, 4) is 0 Å². The van der Waals surface area contributed by atoms with E-state index in [0.717, 1.165) is 18.7 Å². The number of sulfone groups is 1. The Morgan fingerprint density at radius 1 is 1.06 bits per heavy atom. The third-order valence-corrected chi connectivity index (χ3v) is 7.26. The van der Waals surface area contributed by atoms with Crippen molar-refractivity contribution in [1.82, 2.24) is 9.88 Å². The molecule has 0 atom stereocenters. The van der Waals surface area contributed by atoms with Crippen molar-refractivity contribution in [3.63, 3.8) is 0 Å². The smallest absolute Gasteiger partial charge is 0.233 e. The number of likely N-dealkylation sites (N-methyl/N-ethyl adjacent to an activating group) is 1. The van der Waals surface area contributed by atoms with Crippen LogP contribution in [0.15, 0.2) is 47.4 Å².